The summed E-state index contributed by atoms with van der Waals surface area (Å²) < 4.78 is 7.38. The van der Waals surface area contributed by atoms with Gasteiger partial charge in [-0.15, -0.1) is 0 Å². The van der Waals surface area contributed by atoms with Crippen molar-refractivity contribution in [3.63, 3.8) is 0 Å². The van der Waals surface area contributed by atoms with Gasteiger partial charge in [0.05, 0.1) is 33.1 Å². The Morgan fingerprint density at radius 1 is 0.156 bits per heavy atom. The normalized spacial score (nSPS) is 14.1. The summed E-state index contributed by atoms with van der Waals surface area (Å²) in [6.45, 7) is 0. The Bertz CT molecular complexity index is 8170. The fourth-order valence-corrected chi connectivity index (χ4v) is 21.3. The molecular formula is C119H77N3. The first kappa shape index (κ1) is 69.4. The summed E-state index contributed by atoms with van der Waals surface area (Å²) in [4.78, 5) is 0. The van der Waals surface area contributed by atoms with E-state index in [4.69, 9.17) is 0 Å². The van der Waals surface area contributed by atoms with Crippen molar-refractivity contribution in [2.45, 2.75) is 17.8 Å². The van der Waals surface area contributed by atoms with Gasteiger partial charge < -0.3 is 13.7 Å². The van der Waals surface area contributed by atoms with Crippen LogP contribution in [-0.4, -0.2) is 13.7 Å². The number of para-hydroxylation sites is 2. The first-order chi connectivity index (χ1) is 60.5. The summed E-state index contributed by atoms with van der Waals surface area (Å²) in [5.41, 5.74) is 40.7. The predicted octanol–water partition coefficient (Wildman–Crippen LogP) is 31.1. The largest absolute Gasteiger partial charge is 0.309 e. The van der Waals surface area contributed by atoms with Crippen LogP contribution in [0.3, 0.4) is 0 Å². The molecule has 0 aliphatic heterocycles. The molecule has 0 saturated heterocycles. The van der Waals surface area contributed by atoms with Gasteiger partial charge in [-0.1, -0.05) is 352 Å². The summed E-state index contributed by atoms with van der Waals surface area (Å²) in [5.74, 6) is 0.509. The van der Waals surface area contributed by atoms with Crippen LogP contribution in [0.15, 0.2) is 449 Å². The number of hydrogen-bond donors (Lipinski definition) is 0. The van der Waals surface area contributed by atoms with Crippen LogP contribution in [0.1, 0.15) is 67.8 Å². The monoisotopic (exact) mass is 1550 g/mol. The molecule has 0 fully saturated rings. The topological polar surface area (TPSA) is 14.8 Å². The molecule has 122 heavy (non-hydrogen) atoms. The fraction of sp³-hybridized carbons (Fsp3) is 0.0252. The van der Waals surface area contributed by atoms with Crippen molar-refractivity contribution in [2.75, 3.05) is 0 Å². The number of benzene rings is 20. The third kappa shape index (κ3) is 11.0. The lowest BCUT2D eigenvalue weighted by atomic mass is 9.86. The zero-order valence-corrected chi connectivity index (χ0v) is 66.8. The van der Waals surface area contributed by atoms with Gasteiger partial charge >= 0.3 is 0 Å². The Morgan fingerprint density at radius 2 is 0.492 bits per heavy atom. The number of aromatic nitrogens is 3. The predicted molar refractivity (Wildman–Crippen MR) is 511 cm³/mol. The van der Waals surface area contributed by atoms with Crippen molar-refractivity contribution >= 4 is 87.0 Å². The Balaban J connectivity index is 0.000000134. The summed E-state index contributed by atoms with van der Waals surface area (Å²) in [7, 11) is 0. The molecule has 0 bridgehead atoms. The third-order valence-corrected chi connectivity index (χ3v) is 26.7. The highest BCUT2D eigenvalue weighted by molar-refractivity contribution is 6.29. The van der Waals surface area contributed by atoms with Gasteiger partial charge in [0, 0.05) is 67.1 Å². The average Bonchev–Trinajstić information content (AvgIpc) is 1.57. The molecule has 0 spiro atoms. The second-order valence-corrected chi connectivity index (χ2v) is 33.2. The lowest BCUT2D eigenvalue weighted by Gasteiger charge is -2.16. The fourth-order valence-electron chi connectivity index (χ4n) is 21.3. The molecule has 3 aliphatic carbocycles. The van der Waals surface area contributed by atoms with E-state index in [1.807, 2.05) is 0 Å². The maximum atomic E-state index is 2.49. The molecule has 568 valence electrons. The van der Waals surface area contributed by atoms with E-state index < -0.39 is 0 Å². The highest BCUT2D eigenvalue weighted by Gasteiger charge is 2.36. The van der Waals surface area contributed by atoms with Gasteiger partial charge in [0.15, 0.2) is 0 Å². The van der Waals surface area contributed by atoms with E-state index in [0.29, 0.717) is 0 Å². The van der Waals surface area contributed by atoms with E-state index in [9.17, 15) is 0 Å². The standard InChI is InChI=1S/C60H39N.C59H38N2/c1-3-13-38(14-4-1)40-25-29-46(30-26-40)61-55-33-28-44(37-54(55)59-56(61)34-32-51-47-19-9-12-22-50(47)58(60(51)59)41-16-5-2-6-17-41)43-27-31-52-53(36-43)48-20-10-11-21-49(48)57(52)45-24-23-39-15-7-8-18-42(39)35-45;1-3-13-38(14-4-1)40-25-29-46(30-26-40)61-54-32-28-43(37-52(54)59-56(61)34-33-55-58(59)50-21-11-12-22-53(50)60(55)45-17-5-2-6-18-45)42-27-31-49-51(36-42)47-19-9-10-20-48(47)57(49)44-24-23-39-15-7-8-16-41(39)35-44/h1-37,57-58H;1-37,57H. The van der Waals surface area contributed by atoms with E-state index in [2.05, 4.69) is 463 Å². The van der Waals surface area contributed by atoms with Gasteiger partial charge in [0.2, 0.25) is 0 Å². The lowest BCUT2D eigenvalue weighted by molar-refractivity contribution is 1.02. The van der Waals surface area contributed by atoms with Crippen molar-refractivity contribution in [1.82, 2.24) is 13.7 Å². The molecule has 23 aromatic rings. The van der Waals surface area contributed by atoms with Gasteiger partial charge in [0.1, 0.15) is 0 Å². The molecule has 3 aliphatic rings. The molecule has 0 radical (unpaired) electrons. The number of fused-ring (bicyclic) bond motifs is 22. The van der Waals surface area contributed by atoms with E-state index >= 15 is 0 Å². The first-order valence-corrected chi connectivity index (χ1v) is 42.6. The SMILES string of the molecule is c1ccc(-c2ccc(-n3c4ccc(-c5ccc6c(c5)-c5ccccc5C6c5ccc6ccccc6c5)cc4c4c5c(ccc43)-c3ccccc3C5c3ccccc3)cc2)cc1.c1ccc(-c2ccc(-n3c4ccc(-c5ccc6c(c5)-c5ccccc5C6c5ccc6ccccc6c5)cc4c4c5c6ccccc6n(-c6ccccc6)c5ccc43)cc2)cc1. The molecule has 3 unspecified atom stereocenters. The Hall–Kier alpha value is -15.7. The summed E-state index contributed by atoms with van der Waals surface area (Å²) in [5, 5.41) is 12.8. The molecule has 0 N–H and O–H groups in total. The van der Waals surface area contributed by atoms with Gasteiger partial charge in [-0.25, -0.2) is 0 Å². The molecule has 0 saturated carbocycles. The molecule has 3 atom stereocenters. The van der Waals surface area contributed by atoms with Gasteiger partial charge in [-0.2, -0.15) is 0 Å². The van der Waals surface area contributed by atoms with E-state index in [-0.39, 0.29) is 17.8 Å². The summed E-state index contributed by atoms with van der Waals surface area (Å²) in [6.07, 6.45) is 0. The number of nitrogens with zero attached hydrogens (tertiary/aromatic N) is 3. The van der Waals surface area contributed by atoms with Gasteiger partial charge in [0.25, 0.3) is 0 Å². The second kappa shape index (κ2) is 28.0. The van der Waals surface area contributed by atoms with E-state index in [0.717, 1.165) is 17.1 Å². The van der Waals surface area contributed by atoms with Crippen molar-refractivity contribution < 1.29 is 0 Å². The Kier molecular flexibility index (Phi) is 15.9. The van der Waals surface area contributed by atoms with E-state index in [1.54, 1.807) is 0 Å². The van der Waals surface area contributed by atoms with Crippen LogP contribution in [-0.2, 0) is 0 Å². The van der Waals surface area contributed by atoms with Crippen LogP contribution in [0.2, 0.25) is 0 Å². The first-order valence-electron chi connectivity index (χ1n) is 42.6. The molecule has 0 amide bonds. The number of hydrogen-bond acceptors (Lipinski definition) is 0. The third-order valence-electron chi connectivity index (χ3n) is 26.7. The van der Waals surface area contributed by atoms with Crippen molar-refractivity contribution in [2.24, 2.45) is 0 Å². The van der Waals surface area contributed by atoms with Gasteiger partial charge in [-0.05, 0) is 247 Å². The van der Waals surface area contributed by atoms with E-state index in [1.165, 1.54) is 215 Å². The Morgan fingerprint density at radius 3 is 1.01 bits per heavy atom. The van der Waals surface area contributed by atoms with Crippen molar-refractivity contribution in [3.05, 3.63) is 499 Å². The zero-order chi connectivity index (χ0) is 80.0. The molecule has 3 heterocycles. The maximum Gasteiger partial charge on any atom is 0.0548 e. The minimum absolute atomic E-state index is 0.128. The highest BCUT2D eigenvalue weighted by Crippen LogP contribution is 2.56. The summed E-state index contributed by atoms with van der Waals surface area (Å²) >= 11 is 0. The smallest absolute Gasteiger partial charge is 0.0548 e. The minimum atomic E-state index is 0.128. The quantitative estimate of drug-likeness (QED) is 0.130. The minimum Gasteiger partial charge on any atom is -0.309 e. The lowest BCUT2D eigenvalue weighted by Crippen LogP contribution is -2.00. The Labute approximate surface area is 707 Å². The van der Waals surface area contributed by atoms with Crippen molar-refractivity contribution in [1.29, 1.82) is 0 Å². The van der Waals surface area contributed by atoms with Crippen LogP contribution >= 0.6 is 0 Å². The van der Waals surface area contributed by atoms with Crippen LogP contribution < -0.4 is 0 Å². The van der Waals surface area contributed by atoms with Crippen LogP contribution in [0.4, 0.5) is 0 Å². The molecule has 3 aromatic heterocycles. The van der Waals surface area contributed by atoms with Crippen LogP contribution in [0.5, 0.6) is 0 Å². The summed E-state index contributed by atoms with van der Waals surface area (Å²) in [6, 6.07) is 167. The van der Waals surface area contributed by atoms with Crippen LogP contribution in [0, 0.1) is 0 Å². The van der Waals surface area contributed by atoms with Crippen molar-refractivity contribution in [3.8, 4) is 95.0 Å². The maximum absolute atomic E-state index is 2.49. The molecule has 20 aromatic carbocycles. The second-order valence-electron chi connectivity index (χ2n) is 33.2. The zero-order valence-electron chi connectivity index (χ0n) is 66.8. The van der Waals surface area contributed by atoms with Gasteiger partial charge in [-0.3, -0.25) is 0 Å². The molecule has 3 heteroatoms. The molecular weight excluding hydrogens is 1470 g/mol. The highest BCUT2D eigenvalue weighted by atomic mass is 15.0. The average molecular weight is 1550 g/mol. The molecule has 26 rings (SSSR count). The molecule has 3 nitrogen and oxygen atoms in total. The number of rotatable bonds is 10. The van der Waals surface area contributed by atoms with Crippen LogP contribution in [0.25, 0.3) is 182 Å².